The Bertz CT molecular complexity index is 734. The minimum absolute atomic E-state index is 0.0575. The van der Waals surface area contributed by atoms with E-state index in [1.165, 1.54) is 30.6 Å². The van der Waals surface area contributed by atoms with Crippen molar-refractivity contribution in [3.8, 4) is 0 Å². The highest BCUT2D eigenvalue weighted by molar-refractivity contribution is 7.09. The van der Waals surface area contributed by atoms with Gasteiger partial charge < -0.3 is 9.30 Å². The van der Waals surface area contributed by atoms with E-state index in [1.807, 2.05) is 11.5 Å². The number of amides is 1. The Morgan fingerprint density at radius 2 is 2.08 bits per heavy atom. The summed E-state index contributed by atoms with van der Waals surface area (Å²) in [5.74, 6) is 2.06. The quantitative estimate of drug-likeness (QED) is 0.769. The normalized spacial score (nSPS) is 34.2. The van der Waals surface area contributed by atoms with E-state index < -0.39 is 0 Å². The molecule has 1 aromatic rings. The van der Waals surface area contributed by atoms with Crippen molar-refractivity contribution in [1.82, 2.24) is 4.57 Å². The molecule has 24 heavy (non-hydrogen) atoms. The third-order valence-corrected chi connectivity index (χ3v) is 7.38. The van der Waals surface area contributed by atoms with Crippen LogP contribution >= 0.6 is 11.3 Å². The monoisotopic (exact) mass is 348 g/mol. The van der Waals surface area contributed by atoms with Gasteiger partial charge in [0.15, 0.2) is 11.1 Å². The fourth-order valence-corrected chi connectivity index (χ4v) is 6.47. The Morgan fingerprint density at radius 1 is 1.38 bits per heavy atom. The Labute approximate surface area is 145 Å². The molecule has 6 heteroatoms. The molecule has 5 rings (SSSR count). The molecule has 4 fully saturated rings. The molecule has 0 aromatic carbocycles. The SMILES string of the molecule is COCCn1c(C=O)c(C)sc1=NC(=O)C12CC3CC(CC1C3)C2. The van der Waals surface area contributed by atoms with Gasteiger partial charge in [0, 0.05) is 18.5 Å². The summed E-state index contributed by atoms with van der Waals surface area (Å²) < 4.78 is 6.98. The van der Waals surface area contributed by atoms with Crippen molar-refractivity contribution in [2.24, 2.45) is 28.2 Å². The van der Waals surface area contributed by atoms with E-state index in [9.17, 15) is 9.59 Å². The van der Waals surface area contributed by atoms with Crippen LogP contribution in [0.25, 0.3) is 0 Å². The first-order valence-electron chi connectivity index (χ1n) is 8.81. The molecule has 2 unspecified atom stereocenters. The summed E-state index contributed by atoms with van der Waals surface area (Å²) in [6, 6.07) is 0. The van der Waals surface area contributed by atoms with E-state index in [1.54, 1.807) is 7.11 Å². The van der Waals surface area contributed by atoms with Gasteiger partial charge in [-0.1, -0.05) is 0 Å². The maximum absolute atomic E-state index is 13.1. The van der Waals surface area contributed by atoms with Crippen LogP contribution in [-0.4, -0.2) is 30.5 Å². The molecule has 4 aliphatic rings. The van der Waals surface area contributed by atoms with Crippen LogP contribution in [0.5, 0.6) is 0 Å². The molecule has 5 nitrogen and oxygen atoms in total. The third-order valence-electron chi connectivity index (χ3n) is 6.37. The van der Waals surface area contributed by atoms with E-state index in [-0.39, 0.29) is 11.3 Å². The van der Waals surface area contributed by atoms with Crippen LogP contribution in [0.15, 0.2) is 4.99 Å². The van der Waals surface area contributed by atoms with Gasteiger partial charge in [0.2, 0.25) is 0 Å². The minimum Gasteiger partial charge on any atom is -0.383 e. The predicted octanol–water partition coefficient (Wildman–Crippen LogP) is 2.57. The second-order valence-corrected chi connectivity index (χ2v) is 8.89. The largest absolute Gasteiger partial charge is 0.383 e. The lowest BCUT2D eigenvalue weighted by Crippen LogP contribution is -2.33. The molecule has 4 bridgehead atoms. The van der Waals surface area contributed by atoms with Crippen LogP contribution in [0.1, 0.15) is 47.5 Å². The van der Waals surface area contributed by atoms with Crippen LogP contribution in [-0.2, 0) is 16.1 Å². The van der Waals surface area contributed by atoms with Crippen molar-refractivity contribution in [2.45, 2.75) is 45.6 Å². The standard InChI is InChI=1S/C18H24N2O3S/c1-11-15(10-21)20(3-4-23-2)17(24-11)19-16(22)18-8-12-5-13(9-18)7-14(18)6-12/h10,12-14H,3-9H2,1-2H3. The molecule has 0 spiro atoms. The lowest BCUT2D eigenvalue weighted by molar-refractivity contribution is -0.129. The van der Waals surface area contributed by atoms with Gasteiger partial charge >= 0.3 is 0 Å². The average Bonchev–Trinajstić information content (AvgIpc) is 3.09. The first kappa shape index (κ1) is 16.2. The number of aldehydes is 1. The maximum Gasteiger partial charge on any atom is 0.254 e. The highest BCUT2D eigenvalue weighted by Gasteiger charge is 2.61. The number of nitrogens with zero attached hydrogens (tertiary/aromatic N) is 2. The maximum atomic E-state index is 13.1. The Morgan fingerprint density at radius 3 is 2.71 bits per heavy atom. The van der Waals surface area contributed by atoms with Gasteiger partial charge in [0.1, 0.15) is 0 Å². The molecular formula is C18H24N2O3S. The van der Waals surface area contributed by atoms with E-state index in [4.69, 9.17) is 4.74 Å². The Kier molecular flexibility index (Phi) is 4.00. The highest BCUT2D eigenvalue weighted by Crippen LogP contribution is 2.65. The average molecular weight is 348 g/mol. The van der Waals surface area contributed by atoms with Crippen LogP contribution in [0.4, 0.5) is 0 Å². The molecule has 1 heterocycles. The number of ether oxygens (including phenoxy) is 1. The smallest absolute Gasteiger partial charge is 0.254 e. The zero-order valence-electron chi connectivity index (χ0n) is 14.3. The van der Waals surface area contributed by atoms with Crippen LogP contribution in [0.3, 0.4) is 0 Å². The van der Waals surface area contributed by atoms with Gasteiger partial charge in [0.05, 0.1) is 17.7 Å². The lowest BCUT2D eigenvalue weighted by atomic mass is 9.75. The summed E-state index contributed by atoms with van der Waals surface area (Å²) in [7, 11) is 1.63. The molecule has 1 aromatic heterocycles. The first-order chi connectivity index (χ1) is 11.6. The molecule has 1 amide bonds. The van der Waals surface area contributed by atoms with Crippen molar-refractivity contribution in [2.75, 3.05) is 13.7 Å². The third kappa shape index (κ3) is 2.34. The Balaban J connectivity index is 1.71. The van der Waals surface area contributed by atoms with Crippen LogP contribution in [0, 0.1) is 30.1 Å². The fraction of sp³-hybridized carbons (Fsp3) is 0.722. The molecule has 0 N–H and O–H groups in total. The summed E-state index contributed by atoms with van der Waals surface area (Å²) in [6.45, 7) is 2.95. The number of carbonyl (C=O) groups is 2. The number of thiazole rings is 1. The summed E-state index contributed by atoms with van der Waals surface area (Å²) in [4.78, 5) is 30.6. The zero-order valence-corrected chi connectivity index (χ0v) is 15.1. The number of aromatic nitrogens is 1. The molecule has 0 saturated heterocycles. The van der Waals surface area contributed by atoms with Gasteiger partial charge in [-0.05, 0) is 56.8 Å². The van der Waals surface area contributed by atoms with Gasteiger partial charge in [-0.15, -0.1) is 11.3 Å². The lowest BCUT2D eigenvalue weighted by Gasteiger charge is -2.29. The Hall–Kier alpha value is -1.27. The van der Waals surface area contributed by atoms with Crippen molar-refractivity contribution in [3.05, 3.63) is 15.4 Å². The molecular weight excluding hydrogens is 324 g/mol. The summed E-state index contributed by atoms with van der Waals surface area (Å²) >= 11 is 1.43. The van der Waals surface area contributed by atoms with Crippen molar-refractivity contribution < 1.29 is 14.3 Å². The number of aryl methyl sites for hydroxylation is 1. The van der Waals surface area contributed by atoms with E-state index >= 15 is 0 Å². The summed E-state index contributed by atoms with van der Waals surface area (Å²) in [6.07, 6.45) is 6.65. The minimum atomic E-state index is -0.202. The van der Waals surface area contributed by atoms with Gasteiger partial charge in [-0.2, -0.15) is 4.99 Å². The highest BCUT2D eigenvalue weighted by atomic mass is 32.1. The summed E-state index contributed by atoms with van der Waals surface area (Å²) in [5, 5.41) is 0. The number of hydrogen-bond donors (Lipinski definition) is 0. The zero-order chi connectivity index (χ0) is 16.9. The van der Waals surface area contributed by atoms with Crippen LogP contribution in [0.2, 0.25) is 0 Å². The van der Waals surface area contributed by atoms with Crippen molar-refractivity contribution in [3.63, 3.8) is 0 Å². The van der Waals surface area contributed by atoms with Gasteiger partial charge in [-0.3, -0.25) is 9.59 Å². The van der Waals surface area contributed by atoms with E-state index in [2.05, 4.69) is 4.99 Å². The molecule has 130 valence electrons. The fourth-order valence-electron chi connectivity index (χ4n) is 5.51. The summed E-state index contributed by atoms with van der Waals surface area (Å²) in [5.41, 5.74) is 0.407. The molecule has 2 atom stereocenters. The topological polar surface area (TPSA) is 60.7 Å². The molecule has 4 saturated carbocycles. The number of carbonyl (C=O) groups excluding carboxylic acids is 2. The second-order valence-electron chi connectivity index (χ2n) is 7.71. The van der Waals surface area contributed by atoms with Crippen LogP contribution < -0.4 is 4.80 Å². The molecule has 0 aliphatic heterocycles. The molecule has 0 radical (unpaired) electrons. The van der Waals surface area contributed by atoms with E-state index in [0.717, 1.165) is 35.8 Å². The van der Waals surface area contributed by atoms with E-state index in [0.29, 0.717) is 29.6 Å². The van der Waals surface area contributed by atoms with Crippen molar-refractivity contribution in [1.29, 1.82) is 0 Å². The number of methoxy groups -OCH3 is 1. The first-order valence-corrected chi connectivity index (χ1v) is 9.62. The van der Waals surface area contributed by atoms with Crippen molar-refractivity contribution >= 4 is 23.5 Å². The van der Waals surface area contributed by atoms with Gasteiger partial charge in [-0.25, -0.2) is 0 Å². The molecule has 4 aliphatic carbocycles. The number of rotatable bonds is 5. The second kappa shape index (κ2) is 5.92. The van der Waals surface area contributed by atoms with Gasteiger partial charge in [0.25, 0.3) is 5.91 Å². The number of hydrogen-bond acceptors (Lipinski definition) is 4. The predicted molar refractivity (Wildman–Crippen MR) is 90.9 cm³/mol.